The number of carbonyl (C=O) groups is 2. The normalized spacial score (nSPS) is 17.4. The van der Waals surface area contributed by atoms with Crippen LogP contribution in [0.4, 0.5) is 0 Å². The van der Waals surface area contributed by atoms with Crippen molar-refractivity contribution in [2.45, 2.75) is 13.3 Å². The van der Waals surface area contributed by atoms with E-state index >= 15 is 0 Å². The van der Waals surface area contributed by atoms with Gasteiger partial charge >= 0.3 is 5.97 Å². The molecule has 98 valence electrons. The second-order valence-corrected chi connectivity index (χ2v) is 3.84. The van der Waals surface area contributed by atoms with E-state index in [0.717, 1.165) is 19.5 Å². The van der Waals surface area contributed by atoms with Crippen LogP contribution in [0.3, 0.4) is 0 Å². The Hall–Kier alpha value is -1.14. The Morgan fingerprint density at radius 2 is 2.35 bits per heavy atom. The van der Waals surface area contributed by atoms with Gasteiger partial charge in [0.05, 0.1) is 19.8 Å². The molecule has 1 saturated heterocycles. The molecule has 0 unspecified atom stereocenters. The van der Waals surface area contributed by atoms with Crippen LogP contribution in [0.2, 0.25) is 0 Å². The molecule has 0 saturated carbocycles. The van der Waals surface area contributed by atoms with Crippen LogP contribution in [0.25, 0.3) is 0 Å². The number of esters is 1. The summed E-state index contributed by atoms with van der Waals surface area (Å²) in [6.07, 6.45) is 0.948. The van der Waals surface area contributed by atoms with Crippen LogP contribution in [0.5, 0.6) is 0 Å². The average Bonchev–Trinajstić information content (AvgIpc) is 2.49. The second kappa shape index (κ2) is 8.03. The van der Waals surface area contributed by atoms with Gasteiger partial charge in [0.25, 0.3) is 0 Å². The molecule has 17 heavy (non-hydrogen) atoms. The Kier molecular flexibility index (Phi) is 6.57. The predicted octanol–water partition coefficient (Wildman–Crippen LogP) is -0.612. The van der Waals surface area contributed by atoms with Crippen molar-refractivity contribution in [3.63, 3.8) is 0 Å². The maximum atomic E-state index is 11.3. The molecule has 0 aromatic rings. The highest BCUT2D eigenvalue weighted by Gasteiger charge is 2.13. The highest BCUT2D eigenvalue weighted by molar-refractivity contribution is 5.78. The molecule has 0 spiro atoms. The molecule has 1 aliphatic rings. The third-order valence-electron chi connectivity index (χ3n) is 2.42. The van der Waals surface area contributed by atoms with Gasteiger partial charge in [-0.05, 0) is 13.3 Å². The van der Waals surface area contributed by atoms with Crippen molar-refractivity contribution >= 4 is 11.9 Å². The minimum atomic E-state index is -0.346. The fourth-order valence-electron chi connectivity index (χ4n) is 1.61. The number of carbonyl (C=O) groups excluding carboxylic acids is 2. The molecule has 1 N–H and O–H groups in total. The summed E-state index contributed by atoms with van der Waals surface area (Å²) < 4.78 is 9.91. The lowest BCUT2D eigenvalue weighted by atomic mass is 10.4. The van der Waals surface area contributed by atoms with E-state index in [-0.39, 0.29) is 18.5 Å². The van der Waals surface area contributed by atoms with E-state index in [1.165, 1.54) is 0 Å². The summed E-state index contributed by atoms with van der Waals surface area (Å²) in [6.45, 7) is 5.22. The average molecular weight is 244 g/mol. The largest absolute Gasteiger partial charge is 0.464 e. The first-order chi connectivity index (χ1) is 8.22. The lowest BCUT2D eigenvalue weighted by molar-refractivity contribution is -0.148. The smallest absolute Gasteiger partial charge is 0.332 e. The van der Waals surface area contributed by atoms with Gasteiger partial charge < -0.3 is 14.8 Å². The Bertz CT molecular complexity index is 258. The minimum Gasteiger partial charge on any atom is -0.464 e. The minimum absolute atomic E-state index is 0.0200. The van der Waals surface area contributed by atoms with Gasteiger partial charge in [-0.3, -0.25) is 9.69 Å². The Labute approximate surface area is 101 Å². The van der Waals surface area contributed by atoms with Gasteiger partial charge in [0.2, 0.25) is 5.91 Å². The quantitative estimate of drug-likeness (QED) is 0.498. The molecule has 0 bridgehead atoms. The van der Waals surface area contributed by atoms with Gasteiger partial charge in [-0.25, -0.2) is 4.79 Å². The zero-order valence-electron chi connectivity index (χ0n) is 10.2. The third-order valence-corrected chi connectivity index (χ3v) is 2.42. The summed E-state index contributed by atoms with van der Waals surface area (Å²) in [5.41, 5.74) is 0. The van der Waals surface area contributed by atoms with Crippen LogP contribution in [-0.2, 0) is 19.1 Å². The molecule has 0 radical (unpaired) electrons. The van der Waals surface area contributed by atoms with Crippen molar-refractivity contribution in [2.24, 2.45) is 0 Å². The van der Waals surface area contributed by atoms with Crippen LogP contribution in [0.1, 0.15) is 13.3 Å². The van der Waals surface area contributed by atoms with Gasteiger partial charge in [0, 0.05) is 19.6 Å². The van der Waals surface area contributed by atoms with Crippen LogP contribution < -0.4 is 5.32 Å². The number of rotatable bonds is 6. The van der Waals surface area contributed by atoms with Crippen LogP contribution in [-0.4, -0.2) is 62.8 Å². The number of amides is 1. The number of nitrogens with one attached hydrogen (secondary N) is 1. The molecule has 6 nitrogen and oxygen atoms in total. The second-order valence-electron chi connectivity index (χ2n) is 3.84. The monoisotopic (exact) mass is 244 g/mol. The van der Waals surface area contributed by atoms with E-state index in [9.17, 15) is 9.59 Å². The number of hydrogen-bond donors (Lipinski definition) is 1. The topological polar surface area (TPSA) is 67.9 Å². The number of ether oxygens (including phenoxy) is 2. The zero-order valence-corrected chi connectivity index (χ0v) is 10.2. The fourth-order valence-corrected chi connectivity index (χ4v) is 1.61. The van der Waals surface area contributed by atoms with Gasteiger partial charge in [-0.1, -0.05) is 0 Å². The van der Waals surface area contributed by atoms with E-state index in [1.807, 2.05) is 4.90 Å². The summed E-state index contributed by atoms with van der Waals surface area (Å²) in [5, 5.41) is 2.80. The first-order valence-electron chi connectivity index (χ1n) is 5.94. The number of hydrogen-bond acceptors (Lipinski definition) is 5. The SMILES string of the molecule is CCOC(=O)COCCN1CCCNC(=O)C1. The van der Waals surface area contributed by atoms with E-state index in [2.05, 4.69) is 5.32 Å². The van der Waals surface area contributed by atoms with Crippen molar-refractivity contribution in [1.82, 2.24) is 10.2 Å². The highest BCUT2D eigenvalue weighted by atomic mass is 16.6. The van der Waals surface area contributed by atoms with Crippen molar-refractivity contribution < 1.29 is 19.1 Å². The van der Waals surface area contributed by atoms with Gasteiger partial charge in [0.1, 0.15) is 6.61 Å². The first kappa shape index (κ1) is 13.9. The summed E-state index contributed by atoms with van der Waals surface area (Å²) in [5.74, 6) is -0.297. The molecule has 1 fully saturated rings. The fraction of sp³-hybridized carbons (Fsp3) is 0.818. The summed E-state index contributed by atoms with van der Waals surface area (Å²) >= 11 is 0. The molecular weight excluding hydrogens is 224 g/mol. The van der Waals surface area contributed by atoms with E-state index < -0.39 is 0 Å². The highest BCUT2D eigenvalue weighted by Crippen LogP contribution is 1.96. The molecule has 0 aromatic heterocycles. The Balaban J connectivity index is 2.08. The zero-order chi connectivity index (χ0) is 12.5. The van der Waals surface area contributed by atoms with Crippen molar-refractivity contribution in [3.8, 4) is 0 Å². The van der Waals surface area contributed by atoms with Gasteiger partial charge in [-0.2, -0.15) is 0 Å². The molecule has 6 heteroatoms. The maximum absolute atomic E-state index is 11.3. The maximum Gasteiger partial charge on any atom is 0.332 e. The van der Waals surface area contributed by atoms with E-state index in [4.69, 9.17) is 9.47 Å². The summed E-state index contributed by atoms with van der Waals surface area (Å²) in [7, 11) is 0. The van der Waals surface area contributed by atoms with Crippen LogP contribution in [0.15, 0.2) is 0 Å². The van der Waals surface area contributed by atoms with E-state index in [1.54, 1.807) is 6.92 Å². The number of nitrogens with zero attached hydrogens (tertiary/aromatic N) is 1. The van der Waals surface area contributed by atoms with Gasteiger partial charge in [-0.15, -0.1) is 0 Å². The molecule has 1 rings (SSSR count). The lowest BCUT2D eigenvalue weighted by Gasteiger charge is -2.17. The van der Waals surface area contributed by atoms with Crippen molar-refractivity contribution in [2.75, 3.05) is 46.0 Å². The summed E-state index contributed by atoms with van der Waals surface area (Å²) in [4.78, 5) is 24.2. The summed E-state index contributed by atoms with van der Waals surface area (Å²) in [6, 6.07) is 0. The molecule has 1 aliphatic heterocycles. The predicted molar refractivity (Wildman–Crippen MR) is 61.5 cm³/mol. The van der Waals surface area contributed by atoms with Crippen molar-refractivity contribution in [3.05, 3.63) is 0 Å². The molecule has 0 aromatic carbocycles. The molecule has 0 atom stereocenters. The van der Waals surface area contributed by atoms with Crippen LogP contribution >= 0.6 is 0 Å². The molecular formula is C11H20N2O4. The molecule has 1 amide bonds. The molecule has 0 aliphatic carbocycles. The van der Waals surface area contributed by atoms with Gasteiger partial charge in [0.15, 0.2) is 0 Å². The van der Waals surface area contributed by atoms with Crippen LogP contribution in [0, 0.1) is 0 Å². The first-order valence-corrected chi connectivity index (χ1v) is 5.94. The third kappa shape index (κ3) is 6.23. The molecule has 1 heterocycles. The van der Waals surface area contributed by atoms with E-state index in [0.29, 0.717) is 26.3 Å². The Morgan fingerprint density at radius 3 is 3.12 bits per heavy atom. The lowest BCUT2D eigenvalue weighted by Crippen LogP contribution is -2.35. The standard InChI is InChI=1S/C11H20N2O4/c1-2-17-11(15)9-16-7-6-13-5-3-4-12-10(14)8-13/h2-9H2,1H3,(H,12,14). The van der Waals surface area contributed by atoms with Crippen molar-refractivity contribution in [1.29, 1.82) is 0 Å². The Morgan fingerprint density at radius 1 is 1.53 bits per heavy atom.